The second-order valence-corrected chi connectivity index (χ2v) is 25.7. The first-order chi connectivity index (χ1) is 41.1. The second kappa shape index (κ2) is 28.0. The second-order valence-electron chi connectivity index (χ2n) is 24.8. The van der Waals surface area contributed by atoms with Gasteiger partial charge < -0.3 is 83.2 Å². The third-order valence-electron chi connectivity index (χ3n) is 18.9. The van der Waals surface area contributed by atoms with E-state index in [-0.39, 0.29) is 76.8 Å². The number of Topliss-reactive ketones (excluding diaryl/α,β-unsaturated/α-hetero) is 1. The lowest BCUT2D eigenvalue weighted by atomic mass is 9.75. The molecule has 0 aliphatic carbocycles. The first-order valence-corrected chi connectivity index (χ1v) is 31.0. The molecule has 0 aromatic carbocycles. The first-order valence-electron chi connectivity index (χ1n) is 30.2. The Morgan fingerprint density at radius 1 is 0.920 bits per heavy atom. The molecule has 0 radical (unpaired) electrons. The quantitative estimate of drug-likeness (QED) is 0.120. The van der Waals surface area contributed by atoms with Crippen molar-refractivity contribution in [2.24, 2.45) is 23.7 Å². The molecule has 3 aromatic heterocycles. The first kappa shape index (κ1) is 67.9. The van der Waals surface area contributed by atoms with Crippen LogP contribution < -0.4 is 11.1 Å². The van der Waals surface area contributed by atoms with Gasteiger partial charge in [0.1, 0.15) is 29.6 Å². The van der Waals surface area contributed by atoms with Gasteiger partial charge in [-0.05, 0) is 80.1 Å². The Balaban J connectivity index is 1.12. The van der Waals surface area contributed by atoms with Crippen molar-refractivity contribution >= 4 is 75.5 Å². The summed E-state index contributed by atoms with van der Waals surface area (Å²) in [5.41, 5.74) is 3.24. The van der Waals surface area contributed by atoms with Gasteiger partial charge >= 0.3 is 18.1 Å². The zero-order valence-corrected chi connectivity index (χ0v) is 53.7. The number of carbonyl (C=O) groups excluding carboxylic acids is 5. The Bertz CT molecular complexity index is 2920. The molecule has 5 aliphatic rings. The van der Waals surface area contributed by atoms with Gasteiger partial charge in [0, 0.05) is 90.2 Å². The molecule has 0 unspecified atom stereocenters. The number of esters is 1. The van der Waals surface area contributed by atoms with E-state index in [0.29, 0.717) is 57.5 Å². The van der Waals surface area contributed by atoms with Crippen LogP contribution in [-0.2, 0) is 58.8 Å². The smallest absolute Gasteiger partial charge is 0.410 e. The fraction of sp³-hybridized carbons (Fsp3) is 0.733. The number of morpholine rings is 1. The summed E-state index contributed by atoms with van der Waals surface area (Å²) in [6, 6.07) is -1.94. The number of hydrogen-bond acceptors (Lipinski definition) is 20. The lowest BCUT2D eigenvalue weighted by Gasteiger charge is -2.49. The molecule has 484 valence electrons. The Kier molecular flexibility index (Phi) is 21.8. The summed E-state index contributed by atoms with van der Waals surface area (Å²) in [6.07, 6.45) is -2.54. The number of halogens is 2. The van der Waals surface area contributed by atoms with E-state index in [0.717, 1.165) is 0 Å². The number of aliphatic hydroxyl groups is 2. The third-order valence-corrected chi connectivity index (χ3v) is 19.5. The third kappa shape index (κ3) is 14.0. The predicted octanol–water partition coefficient (Wildman–Crippen LogP) is 6.88. The van der Waals surface area contributed by atoms with Gasteiger partial charge in [0.25, 0.3) is 5.91 Å². The van der Waals surface area contributed by atoms with Crippen LogP contribution in [0.2, 0.25) is 10.0 Å². The molecule has 4 amide bonds. The Hall–Kier alpha value is -5.06. The number of aliphatic hydroxyl groups excluding tert-OH is 2. The van der Waals surface area contributed by atoms with Crippen molar-refractivity contribution in [1.29, 1.82) is 0 Å². The van der Waals surface area contributed by atoms with Crippen LogP contribution in [0.15, 0.2) is 24.9 Å². The number of aryl methyl sites for hydroxylation is 1. The number of amides is 4. The van der Waals surface area contributed by atoms with Gasteiger partial charge in [0.2, 0.25) is 0 Å². The van der Waals surface area contributed by atoms with Crippen LogP contribution in [0.4, 0.5) is 21.1 Å². The van der Waals surface area contributed by atoms with E-state index in [2.05, 4.69) is 20.3 Å². The zero-order chi connectivity index (χ0) is 63.6. The molecule has 5 fully saturated rings. The number of hydrogen-bond donors (Lipinski definition) is 4. The molecular weight excluding hydrogens is 1170 g/mol. The van der Waals surface area contributed by atoms with E-state index in [9.17, 15) is 24.6 Å². The maximum absolute atomic E-state index is 15.4. The molecule has 8 rings (SSSR count). The van der Waals surface area contributed by atoms with Crippen LogP contribution in [0.5, 0.6) is 0 Å². The average molecular weight is 1260 g/mol. The highest BCUT2D eigenvalue weighted by molar-refractivity contribution is 6.39. The van der Waals surface area contributed by atoms with E-state index >= 15 is 9.59 Å². The summed E-state index contributed by atoms with van der Waals surface area (Å²) in [5, 5.41) is 26.6. The van der Waals surface area contributed by atoms with E-state index in [1.54, 1.807) is 65.2 Å². The van der Waals surface area contributed by atoms with Crippen molar-refractivity contribution in [3.05, 3.63) is 40.5 Å². The van der Waals surface area contributed by atoms with Gasteiger partial charge in [0.05, 0.1) is 100.0 Å². The molecule has 27 heteroatoms. The molecule has 0 bridgehead atoms. The molecule has 5 aliphatic heterocycles. The number of cyclic esters (lactones) is 1. The molecular formula is C60H89Cl2N9O16. The number of ketones is 1. The number of pyridine rings is 2. The maximum atomic E-state index is 15.4. The number of methoxy groups -OCH3 is 2. The van der Waals surface area contributed by atoms with Crippen LogP contribution in [0, 0.1) is 23.7 Å². The number of ether oxygens (including phenoxy) is 9. The number of urea groups is 1. The van der Waals surface area contributed by atoms with Crippen molar-refractivity contribution in [1.82, 2.24) is 34.2 Å². The average Bonchev–Trinajstić information content (AvgIpc) is 1.95. The summed E-state index contributed by atoms with van der Waals surface area (Å²) >= 11 is 12.7. The predicted molar refractivity (Wildman–Crippen MR) is 320 cm³/mol. The monoisotopic (exact) mass is 1260 g/mol. The number of nitrogens with zero attached hydrogens (tertiary/aromatic N) is 7. The zero-order valence-electron chi connectivity index (χ0n) is 52.2. The number of fused-ring (bicyclic) bond motifs is 2. The normalized spacial score (nSPS) is 35.8. The van der Waals surface area contributed by atoms with Crippen molar-refractivity contribution in [3.63, 3.8) is 0 Å². The van der Waals surface area contributed by atoms with Crippen LogP contribution in [0.1, 0.15) is 125 Å². The summed E-state index contributed by atoms with van der Waals surface area (Å²) in [7, 11) is 4.70. The number of nitrogens with one attached hydrogen (secondary N) is 1. The molecule has 0 spiro atoms. The minimum absolute atomic E-state index is 0.0585. The molecule has 5 N–H and O–H groups in total. The number of imidazole rings is 1. The lowest BCUT2D eigenvalue weighted by molar-refractivity contribution is -0.318. The molecule has 18 atom stereocenters. The van der Waals surface area contributed by atoms with E-state index in [1.807, 2.05) is 27.7 Å². The van der Waals surface area contributed by atoms with Crippen LogP contribution in [0.3, 0.4) is 0 Å². The molecule has 0 saturated carbocycles. The summed E-state index contributed by atoms with van der Waals surface area (Å²) in [4.78, 5) is 90.2. The van der Waals surface area contributed by atoms with E-state index < -0.39 is 126 Å². The van der Waals surface area contributed by atoms with Crippen LogP contribution in [-0.4, -0.2) is 213 Å². The summed E-state index contributed by atoms with van der Waals surface area (Å²) < 4.78 is 59.6. The van der Waals surface area contributed by atoms with Gasteiger partial charge in [0.15, 0.2) is 24.0 Å². The topological polar surface area (TPSA) is 300 Å². The Morgan fingerprint density at radius 3 is 2.25 bits per heavy atom. The minimum Gasteiger partial charge on any atom is -0.458 e. The standard InChI is InChI=1S/C60H89Cl2N9O16/c1-14-41-60(10)49(71(57(78)87-60)20-16-19-70-30-66-44-45(70)37(27-65-52(44)63)53(75)67-43-38(61)28-64-29-39(43)62)33(4)46(72)31(2)17-15-18-58(8,79-12)51(86-55-47(73)40(25-32(3)82-55)68(11)56(77)69-21-23-81-24-22-69)34(5)48(35(6)54(76)84-41)85-42-26-59(9,80-13)50(74)36(7)83-42/h27-36,40-42,47-51,55,73-74H,14-26H2,1-13H3,(H2,63,65)(H,64,67,75)/t31-,32-,33+,34+,35-,36+,40+,41-,42+,47-,48+,49-,50+,51-,55+,58-,59-,60-/m1/s1. The number of nitrogen functional groups attached to an aromatic ring is 1. The molecule has 8 heterocycles. The van der Waals surface area contributed by atoms with Gasteiger partial charge in [-0.3, -0.25) is 19.4 Å². The number of carbonyl (C=O) groups is 5. The summed E-state index contributed by atoms with van der Waals surface area (Å²) in [6.45, 7) is 19.7. The molecule has 5 saturated heterocycles. The fourth-order valence-corrected chi connectivity index (χ4v) is 14.1. The van der Waals surface area contributed by atoms with Crippen molar-refractivity contribution < 1.29 is 76.8 Å². The number of aromatic nitrogens is 4. The van der Waals surface area contributed by atoms with Gasteiger partial charge in [-0.1, -0.05) is 50.9 Å². The summed E-state index contributed by atoms with van der Waals surface area (Å²) in [5.74, 6) is -4.78. The van der Waals surface area contributed by atoms with Gasteiger partial charge in [-0.2, -0.15) is 0 Å². The lowest BCUT2D eigenvalue weighted by Crippen LogP contribution is -2.62. The van der Waals surface area contributed by atoms with Crippen molar-refractivity contribution in [2.75, 3.05) is 65.2 Å². The minimum atomic E-state index is -1.59. The SMILES string of the molecule is CC[C@H]1OC(=O)[C@H](C)[C@@H](O[C@H]2C[C@@](C)(OC)[C@@H](O)[C@H](C)O2)[C@H](C)[C@@H](O[C@@H]2O[C@H](C)C[C@H](N(C)C(=O)N3CCOCC3)[C@H]2O)[C@](C)(OC)CCC[C@@H](C)C(=O)[C@H](C)[C@H]2N(CCCn3cnc4c(N)ncc(C(=O)Nc5c(Cl)cncc5Cl)c43)C(=O)O[C@]12C. The molecule has 3 aromatic rings. The van der Waals surface area contributed by atoms with E-state index in [1.165, 1.54) is 41.8 Å². The molecule has 25 nitrogen and oxygen atoms in total. The fourth-order valence-electron chi connectivity index (χ4n) is 13.7. The van der Waals surface area contributed by atoms with Crippen molar-refractivity contribution in [3.8, 4) is 0 Å². The maximum Gasteiger partial charge on any atom is 0.410 e. The largest absolute Gasteiger partial charge is 0.458 e. The van der Waals surface area contributed by atoms with Crippen LogP contribution >= 0.6 is 23.2 Å². The number of anilines is 2. The highest BCUT2D eigenvalue weighted by Gasteiger charge is 2.60. The highest BCUT2D eigenvalue weighted by Crippen LogP contribution is 2.45. The van der Waals surface area contributed by atoms with Gasteiger partial charge in [-0.15, -0.1) is 0 Å². The molecule has 87 heavy (non-hydrogen) atoms. The van der Waals surface area contributed by atoms with E-state index in [4.69, 9.17) is 71.6 Å². The number of rotatable bonds is 14. The van der Waals surface area contributed by atoms with Crippen molar-refractivity contribution in [2.45, 2.75) is 205 Å². The van der Waals surface area contributed by atoms with Gasteiger partial charge in [-0.25, -0.2) is 19.6 Å². The Morgan fingerprint density at radius 2 is 1.60 bits per heavy atom. The number of nitrogens with two attached hydrogens (primary N) is 1. The number of likely N-dealkylation sites (N-methyl/N-ethyl adjacent to an activating group) is 1. The van der Waals surface area contributed by atoms with Crippen LogP contribution in [0.25, 0.3) is 11.0 Å². The Labute approximate surface area is 518 Å². The highest BCUT2D eigenvalue weighted by atomic mass is 35.5.